The van der Waals surface area contributed by atoms with Gasteiger partial charge in [-0.2, -0.15) is 13.2 Å². The summed E-state index contributed by atoms with van der Waals surface area (Å²) in [5.74, 6) is -6.05. The molecule has 1 atom stereocenters. The first kappa shape index (κ1) is 28.6. The number of rotatable bonds is 11. The molecule has 0 unspecified atom stereocenters. The summed E-state index contributed by atoms with van der Waals surface area (Å²) in [5.41, 5.74) is 1.52. The Morgan fingerprint density at radius 1 is 1.11 bits per heavy atom. The second kappa shape index (κ2) is 11.6. The van der Waals surface area contributed by atoms with Crippen molar-refractivity contribution < 1.29 is 41.4 Å². The van der Waals surface area contributed by atoms with Crippen molar-refractivity contribution in [3.63, 3.8) is 0 Å². The van der Waals surface area contributed by atoms with Crippen molar-refractivity contribution in [1.29, 1.82) is 0 Å². The number of carboxylic acids is 1. The smallest absolute Gasteiger partial charge is 0.481 e. The lowest BCUT2D eigenvalue weighted by Gasteiger charge is -2.32. The van der Waals surface area contributed by atoms with E-state index in [0.717, 1.165) is 25.0 Å². The Balaban J connectivity index is 1.77. The molecule has 0 fully saturated rings. The summed E-state index contributed by atoms with van der Waals surface area (Å²) in [6, 6.07) is 10.0. The highest BCUT2D eigenvalue weighted by molar-refractivity contribution is 5.76. The van der Waals surface area contributed by atoms with E-state index in [1.54, 1.807) is 0 Å². The highest BCUT2D eigenvalue weighted by atomic mass is 19.4. The third kappa shape index (κ3) is 7.99. The standard InChI is InChI=1S/C27H30F5NO4/c1-26(2,14-17-10-18-7-3-4-8-19(18)11-17)33-15-22(37-25(36)27(30,31)32)20-12-16(6-5-9-23(34)35)13-21(28)24(20)29/h3-4,7-8,12-13,17,22,33H,5-6,9-11,14-15H2,1-2H3,(H,34,35)/t22-/m1/s1. The first-order chi connectivity index (χ1) is 17.2. The Morgan fingerprint density at radius 3 is 2.30 bits per heavy atom. The fourth-order valence-electron chi connectivity index (χ4n) is 4.86. The van der Waals surface area contributed by atoms with E-state index in [1.165, 1.54) is 11.1 Å². The number of hydrogen-bond acceptors (Lipinski definition) is 4. The van der Waals surface area contributed by atoms with E-state index in [0.29, 0.717) is 6.42 Å². The molecule has 5 nitrogen and oxygen atoms in total. The summed E-state index contributed by atoms with van der Waals surface area (Å²) in [5, 5.41) is 11.9. The number of alkyl halides is 3. The van der Waals surface area contributed by atoms with Crippen molar-refractivity contribution >= 4 is 11.9 Å². The molecule has 2 aromatic rings. The van der Waals surface area contributed by atoms with E-state index in [-0.39, 0.29) is 37.3 Å². The Hall–Kier alpha value is -3.01. The van der Waals surface area contributed by atoms with Gasteiger partial charge >= 0.3 is 18.1 Å². The maximum atomic E-state index is 14.8. The maximum Gasteiger partial charge on any atom is 0.490 e. The van der Waals surface area contributed by atoms with Crippen LogP contribution in [0.4, 0.5) is 22.0 Å². The summed E-state index contributed by atoms with van der Waals surface area (Å²) >= 11 is 0. The third-order valence-corrected chi connectivity index (χ3v) is 6.50. The number of carbonyl (C=O) groups is 2. The zero-order valence-corrected chi connectivity index (χ0v) is 20.6. The molecule has 0 bridgehead atoms. The lowest BCUT2D eigenvalue weighted by atomic mass is 9.88. The summed E-state index contributed by atoms with van der Waals surface area (Å²) in [6.07, 6.45) is -4.78. The molecule has 0 saturated carbocycles. The molecule has 1 aliphatic rings. The molecule has 0 heterocycles. The molecule has 0 aliphatic heterocycles. The Kier molecular flexibility index (Phi) is 8.94. The van der Waals surface area contributed by atoms with E-state index in [9.17, 15) is 31.5 Å². The summed E-state index contributed by atoms with van der Waals surface area (Å²) in [7, 11) is 0. The van der Waals surface area contributed by atoms with Gasteiger partial charge in [0.15, 0.2) is 11.6 Å². The van der Waals surface area contributed by atoms with Crippen molar-refractivity contribution in [2.75, 3.05) is 6.54 Å². The number of fused-ring (bicyclic) bond motifs is 1. The van der Waals surface area contributed by atoms with E-state index in [2.05, 4.69) is 22.2 Å². The normalized spacial score (nSPS) is 14.9. The van der Waals surface area contributed by atoms with Crippen LogP contribution in [0.1, 0.15) is 61.5 Å². The van der Waals surface area contributed by atoms with Crippen LogP contribution < -0.4 is 5.32 Å². The Bertz CT molecular complexity index is 1110. The second-order valence-corrected chi connectivity index (χ2v) is 10.1. The number of esters is 1. The SMILES string of the molecule is CC(C)(CC1Cc2ccccc2C1)NC[C@@H](OC(=O)C(F)(F)F)c1cc(CCCC(=O)O)cc(F)c1F. The molecular formula is C27H30F5NO4. The van der Waals surface area contributed by atoms with Gasteiger partial charge in [-0.25, -0.2) is 13.6 Å². The highest BCUT2D eigenvalue weighted by Gasteiger charge is 2.43. The van der Waals surface area contributed by atoms with Crippen LogP contribution in [0.3, 0.4) is 0 Å². The molecule has 202 valence electrons. The number of halogens is 5. The minimum Gasteiger partial charge on any atom is -0.481 e. The molecule has 0 aromatic heterocycles. The van der Waals surface area contributed by atoms with Gasteiger partial charge in [0.2, 0.25) is 0 Å². The van der Waals surface area contributed by atoms with Gasteiger partial charge in [-0.3, -0.25) is 4.79 Å². The van der Waals surface area contributed by atoms with E-state index < -0.39 is 47.0 Å². The highest BCUT2D eigenvalue weighted by Crippen LogP contribution is 2.33. The fraction of sp³-hybridized carbons (Fsp3) is 0.481. The zero-order valence-electron chi connectivity index (χ0n) is 20.6. The molecule has 0 radical (unpaired) electrons. The van der Waals surface area contributed by atoms with Crippen molar-refractivity contribution in [2.24, 2.45) is 5.92 Å². The third-order valence-electron chi connectivity index (χ3n) is 6.50. The van der Waals surface area contributed by atoms with Crippen LogP contribution in [0, 0.1) is 17.6 Å². The quantitative estimate of drug-likeness (QED) is 0.290. The Labute approximate surface area is 212 Å². The maximum absolute atomic E-state index is 14.8. The molecule has 10 heteroatoms. The van der Waals surface area contributed by atoms with E-state index in [1.807, 2.05) is 26.0 Å². The summed E-state index contributed by atoms with van der Waals surface area (Å²) in [6.45, 7) is 3.30. The largest absolute Gasteiger partial charge is 0.490 e. The van der Waals surface area contributed by atoms with Crippen LogP contribution >= 0.6 is 0 Å². The number of ether oxygens (including phenoxy) is 1. The molecule has 0 saturated heterocycles. The van der Waals surface area contributed by atoms with Crippen molar-refractivity contribution in [1.82, 2.24) is 5.32 Å². The number of carboxylic acid groups (broad SMARTS) is 1. The number of benzene rings is 2. The van der Waals surface area contributed by atoms with Gasteiger partial charge in [0.05, 0.1) is 0 Å². The first-order valence-corrected chi connectivity index (χ1v) is 12.0. The van der Waals surface area contributed by atoms with Gasteiger partial charge < -0.3 is 15.2 Å². The number of carbonyl (C=O) groups excluding carboxylic acids is 1. The van der Waals surface area contributed by atoms with Gasteiger partial charge in [-0.05, 0) is 80.7 Å². The average molecular weight is 528 g/mol. The van der Waals surface area contributed by atoms with Gasteiger partial charge in [0.25, 0.3) is 0 Å². The van der Waals surface area contributed by atoms with E-state index in [4.69, 9.17) is 5.11 Å². The lowest BCUT2D eigenvalue weighted by Crippen LogP contribution is -2.44. The monoisotopic (exact) mass is 527 g/mol. The van der Waals surface area contributed by atoms with Crippen LogP contribution in [-0.4, -0.2) is 35.3 Å². The summed E-state index contributed by atoms with van der Waals surface area (Å²) < 4.78 is 72.7. The van der Waals surface area contributed by atoms with Crippen molar-refractivity contribution in [2.45, 2.75) is 70.2 Å². The molecule has 3 rings (SSSR count). The van der Waals surface area contributed by atoms with E-state index >= 15 is 0 Å². The van der Waals surface area contributed by atoms with Gasteiger partial charge in [-0.15, -0.1) is 0 Å². The molecule has 1 aliphatic carbocycles. The van der Waals surface area contributed by atoms with Crippen molar-refractivity contribution in [3.8, 4) is 0 Å². The zero-order chi connectivity index (χ0) is 27.4. The second-order valence-electron chi connectivity index (χ2n) is 10.1. The lowest BCUT2D eigenvalue weighted by molar-refractivity contribution is -0.205. The number of hydrogen-bond donors (Lipinski definition) is 2. The predicted molar refractivity (Wildman–Crippen MR) is 126 cm³/mol. The fourth-order valence-corrected chi connectivity index (χ4v) is 4.86. The van der Waals surface area contributed by atoms with Crippen LogP contribution in [0.2, 0.25) is 0 Å². The first-order valence-electron chi connectivity index (χ1n) is 12.0. The predicted octanol–water partition coefficient (Wildman–Crippen LogP) is 5.69. The van der Waals surface area contributed by atoms with Gasteiger partial charge in [0.1, 0.15) is 6.10 Å². The molecule has 2 N–H and O–H groups in total. The van der Waals surface area contributed by atoms with Crippen LogP contribution in [0.5, 0.6) is 0 Å². The van der Waals surface area contributed by atoms with Gasteiger partial charge in [0, 0.05) is 24.1 Å². The number of aryl methyl sites for hydroxylation is 1. The van der Waals surface area contributed by atoms with Crippen molar-refractivity contribution in [3.05, 3.63) is 70.3 Å². The minimum atomic E-state index is -5.32. The van der Waals surface area contributed by atoms with Gasteiger partial charge in [-0.1, -0.05) is 24.3 Å². The van der Waals surface area contributed by atoms with Crippen LogP contribution in [0.25, 0.3) is 0 Å². The Morgan fingerprint density at radius 2 is 1.73 bits per heavy atom. The molecule has 37 heavy (non-hydrogen) atoms. The summed E-state index contributed by atoms with van der Waals surface area (Å²) in [4.78, 5) is 22.4. The van der Waals surface area contributed by atoms with Crippen LogP contribution in [0.15, 0.2) is 36.4 Å². The molecule has 0 amide bonds. The number of nitrogens with one attached hydrogen (secondary N) is 1. The minimum absolute atomic E-state index is 0.0532. The molecule has 0 spiro atoms. The number of aliphatic carboxylic acids is 1. The van der Waals surface area contributed by atoms with Crippen LogP contribution in [-0.2, 0) is 33.6 Å². The molecule has 2 aromatic carbocycles. The topological polar surface area (TPSA) is 75.6 Å². The average Bonchev–Trinajstić information content (AvgIpc) is 3.19. The molecular weight excluding hydrogens is 497 g/mol.